The predicted molar refractivity (Wildman–Crippen MR) is 94.7 cm³/mol. The first-order chi connectivity index (χ1) is 10.7. The predicted octanol–water partition coefficient (Wildman–Crippen LogP) is 3.73. The maximum Gasteiger partial charge on any atom is 0.132 e. The van der Waals surface area contributed by atoms with Crippen LogP contribution in [0.2, 0.25) is 0 Å². The molecule has 1 aromatic carbocycles. The van der Waals surface area contributed by atoms with Crippen LogP contribution in [0.15, 0.2) is 18.2 Å². The van der Waals surface area contributed by atoms with Crippen LogP contribution in [0.25, 0.3) is 10.9 Å². The number of aromatic nitrogens is 1. The van der Waals surface area contributed by atoms with Gasteiger partial charge in [0.05, 0.1) is 5.52 Å². The van der Waals surface area contributed by atoms with E-state index in [1.165, 1.54) is 47.2 Å². The van der Waals surface area contributed by atoms with E-state index >= 15 is 0 Å². The van der Waals surface area contributed by atoms with Crippen molar-refractivity contribution in [3.63, 3.8) is 0 Å². The second-order valence-electron chi connectivity index (χ2n) is 6.56. The number of fused-ring (bicyclic) bond motifs is 1. The second-order valence-corrected chi connectivity index (χ2v) is 6.56. The fourth-order valence-corrected chi connectivity index (χ4v) is 3.52. The van der Waals surface area contributed by atoms with Crippen LogP contribution in [0.3, 0.4) is 0 Å². The molecule has 3 rings (SSSR count). The van der Waals surface area contributed by atoms with Gasteiger partial charge in [0.1, 0.15) is 5.82 Å². The maximum atomic E-state index is 5.73. The smallest absolute Gasteiger partial charge is 0.132 e. The number of benzene rings is 1. The summed E-state index contributed by atoms with van der Waals surface area (Å²) in [6.45, 7) is 7.35. The first kappa shape index (κ1) is 15.3. The standard InChI is InChI=1S/C19H27N3/c1-14-11-15(2)17-13-16(7-6-8-20)19(21-18(17)12-14)22-9-4-3-5-10-22/h11-13H,3-10,20H2,1-2H3. The topological polar surface area (TPSA) is 42.1 Å². The van der Waals surface area contributed by atoms with E-state index in [0.717, 1.165) is 38.0 Å². The molecule has 0 amide bonds. The number of nitrogens with zero attached hydrogens (tertiary/aromatic N) is 2. The van der Waals surface area contributed by atoms with Crippen molar-refractivity contribution in [3.05, 3.63) is 34.9 Å². The average Bonchev–Trinajstić information content (AvgIpc) is 2.53. The minimum absolute atomic E-state index is 0.740. The van der Waals surface area contributed by atoms with Crippen LogP contribution in [0.5, 0.6) is 0 Å². The molecule has 2 N–H and O–H groups in total. The molecule has 0 saturated carbocycles. The van der Waals surface area contributed by atoms with Crippen LogP contribution in [-0.4, -0.2) is 24.6 Å². The molecule has 0 aliphatic carbocycles. The molecule has 1 fully saturated rings. The average molecular weight is 297 g/mol. The molecule has 3 nitrogen and oxygen atoms in total. The summed E-state index contributed by atoms with van der Waals surface area (Å²) in [7, 11) is 0. The Bertz CT molecular complexity index is 657. The van der Waals surface area contributed by atoms with E-state index in [2.05, 4.69) is 36.9 Å². The van der Waals surface area contributed by atoms with Gasteiger partial charge in [-0.1, -0.05) is 6.07 Å². The third-order valence-electron chi connectivity index (χ3n) is 4.65. The lowest BCUT2D eigenvalue weighted by Crippen LogP contribution is -2.31. The van der Waals surface area contributed by atoms with Crippen molar-refractivity contribution >= 4 is 16.7 Å². The van der Waals surface area contributed by atoms with Gasteiger partial charge in [-0.3, -0.25) is 0 Å². The highest BCUT2D eigenvalue weighted by Crippen LogP contribution is 2.29. The van der Waals surface area contributed by atoms with E-state index in [1.807, 2.05) is 0 Å². The molecule has 1 aromatic heterocycles. The molecule has 2 heterocycles. The monoisotopic (exact) mass is 297 g/mol. The summed E-state index contributed by atoms with van der Waals surface area (Å²) in [5.41, 5.74) is 10.8. The van der Waals surface area contributed by atoms with Crippen LogP contribution >= 0.6 is 0 Å². The van der Waals surface area contributed by atoms with Crippen LogP contribution < -0.4 is 10.6 Å². The molecular weight excluding hydrogens is 270 g/mol. The van der Waals surface area contributed by atoms with Crippen molar-refractivity contribution in [3.8, 4) is 0 Å². The van der Waals surface area contributed by atoms with Gasteiger partial charge in [-0.2, -0.15) is 0 Å². The first-order valence-corrected chi connectivity index (χ1v) is 8.55. The van der Waals surface area contributed by atoms with Gasteiger partial charge in [0, 0.05) is 18.5 Å². The molecule has 1 saturated heterocycles. The van der Waals surface area contributed by atoms with Gasteiger partial charge in [0.15, 0.2) is 0 Å². The summed E-state index contributed by atoms with van der Waals surface area (Å²) < 4.78 is 0. The van der Waals surface area contributed by atoms with Gasteiger partial charge in [-0.25, -0.2) is 4.98 Å². The van der Waals surface area contributed by atoms with Gasteiger partial charge >= 0.3 is 0 Å². The normalized spacial score (nSPS) is 15.5. The van der Waals surface area contributed by atoms with Crippen LogP contribution in [-0.2, 0) is 6.42 Å². The Hall–Kier alpha value is -1.61. The van der Waals surface area contributed by atoms with Crippen LogP contribution in [0, 0.1) is 13.8 Å². The molecule has 1 aliphatic heterocycles. The summed E-state index contributed by atoms with van der Waals surface area (Å²) in [4.78, 5) is 7.54. The third-order valence-corrected chi connectivity index (χ3v) is 4.65. The van der Waals surface area contributed by atoms with Crippen molar-refractivity contribution in [1.82, 2.24) is 4.98 Å². The van der Waals surface area contributed by atoms with E-state index in [-0.39, 0.29) is 0 Å². The highest BCUT2D eigenvalue weighted by Gasteiger charge is 2.17. The van der Waals surface area contributed by atoms with Crippen molar-refractivity contribution in [2.75, 3.05) is 24.5 Å². The van der Waals surface area contributed by atoms with Crippen LogP contribution in [0.4, 0.5) is 5.82 Å². The number of hydrogen-bond acceptors (Lipinski definition) is 3. The zero-order valence-corrected chi connectivity index (χ0v) is 13.9. The quantitative estimate of drug-likeness (QED) is 0.935. The highest BCUT2D eigenvalue weighted by molar-refractivity contribution is 5.85. The van der Waals surface area contributed by atoms with Crippen molar-refractivity contribution in [1.29, 1.82) is 0 Å². The molecule has 2 aromatic rings. The summed E-state index contributed by atoms with van der Waals surface area (Å²) in [6.07, 6.45) is 5.96. The molecule has 0 unspecified atom stereocenters. The van der Waals surface area contributed by atoms with E-state index < -0.39 is 0 Å². The molecule has 22 heavy (non-hydrogen) atoms. The minimum atomic E-state index is 0.740. The molecular formula is C19H27N3. The molecule has 0 spiro atoms. The fraction of sp³-hybridized carbons (Fsp3) is 0.526. The molecule has 0 bridgehead atoms. The molecule has 0 atom stereocenters. The molecule has 3 heteroatoms. The maximum absolute atomic E-state index is 5.73. The first-order valence-electron chi connectivity index (χ1n) is 8.55. The van der Waals surface area contributed by atoms with E-state index in [9.17, 15) is 0 Å². The molecule has 118 valence electrons. The number of nitrogens with two attached hydrogens (primary N) is 1. The Labute approximate surface area is 133 Å². The van der Waals surface area contributed by atoms with Gasteiger partial charge in [-0.05, 0) is 81.3 Å². The molecule has 1 aliphatic rings. The SMILES string of the molecule is Cc1cc(C)c2cc(CCCN)c(N3CCCCC3)nc2c1. The summed E-state index contributed by atoms with van der Waals surface area (Å²) in [5.74, 6) is 1.20. The van der Waals surface area contributed by atoms with Crippen molar-refractivity contribution < 1.29 is 0 Å². The summed E-state index contributed by atoms with van der Waals surface area (Å²) in [6, 6.07) is 6.82. The number of pyridine rings is 1. The Morgan fingerprint density at radius 1 is 1.09 bits per heavy atom. The Morgan fingerprint density at radius 2 is 1.86 bits per heavy atom. The van der Waals surface area contributed by atoms with Gasteiger partial charge in [-0.15, -0.1) is 0 Å². The number of hydrogen-bond donors (Lipinski definition) is 1. The zero-order valence-electron chi connectivity index (χ0n) is 13.9. The van der Waals surface area contributed by atoms with E-state index in [4.69, 9.17) is 10.7 Å². The van der Waals surface area contributed by atoms with Crippen molar-refractivity contribution in [2.45, 2.75) is 46.0 Å². The van der Waals surface area contributed by atoms with E-state index in [1.54, 1.807) is 0 Å². The third kappa shape index (κ3) is 3.09. The highest BCUT2D eigenvalue weighted by atomic mass is 15.2. The summed E-state index contributed by atoms with van der Waals surface area (Å²) >= 11 is 0. The number of aryl methyl sites for hydroxylation is 3. The van der Waals surface area contributed by atoms with Crippen molar-refractivity contribution in [2.24, 2.45) is 5.73 Å². The summed E-state index contributed by atoms with van der Waals surface area (Å²) in [5, 5.41) is 1.29. The second kappa shape index (κ2) is 6.66. The zero-order chi connectivity index (χ0) is 15.5. The lowest BCUT2D eigenvalue weighted by molar-refractivity contribution is 0.572. The fourth-order valence-electron chi connectivity index (χ4n) is 3.52. The Kier molecular flexibility index (Phi) is 4.63. The lowest BCUT2D eigenvalue weighted by Gasteiger charge is -2.30. The van der Waals surface area contributed by atoms with Crippen LogP contribution in [0.1, 0.15) is 42.4 Å². The largest absolute Gasteiger partial charge is 0.356 e. The Balaban J connectivity index is 2.09. The van der Waals surface area contributed by atoms with Gasteiger partial charge < -0.3 is 10.6 Å². The molecule has 0 radical (unpaired) electrons. The minimum Gasteiger partial charge on any atom is -0.356 e. The van der Waals surface area contributed by atoms with Gasteiger partial charge in [0.25, 0.3) is 0 Å². The number of anilines is 1. The van der Waals surface area contributed by atoms with Gasteiger partial charge in [0.2, 0.25) is 0 Å². The lowest BCUT2D eigenvalue weighted by atomic mass is 10.0. The Morgan fingerprint density at radius 3 is 2.59 bits per heavy atom. The van der Waals surface area contributed by atoms with E-state index in [0.29, 0.717) is 0 Å². The number of rotatable bonds is 4. The number of piperidine rings is 1.